The van der Waals surface area contributed by atoms with Gasteiger partial charge in [0.05, 0.1) is 5.69 Å². The minimum absolute atomic E-state index is 0.154. The van der Waals surface area contributed by atoms with Crippen LogP contribution in [0.5, 0.6) is 0 Å². The van der Waals surface area contributed by atoms with Crippen LogP contribution in [0.2, 0.25) is 0 Å². The van der Waals surface area contributed by atoms with Crippen LogP contribution in [0.25, 0.3) is 0 Å². The summed E-state index contributed by atoms with van der Waals surface area (Å²) in [6.45, 7) is 6.20. The lowest BCUT2D eigenvalue weighted by Crippen LogP contribution is -2.17. The molecule has 3 N–H and O–H groups in total. The van der Waals surface area contributed by atoms with Crippen LogP contribution in [-0.2, 0) is 6.42 Å². The number of benzene rings is 1. The summed E-state index contributed by atoms with van der Waals surface area (Å²) in [5.74, 6) is 0. The van der Waals surface area contributed by atoms with Crippen molar-refractivity contribution in [1.82, 2.24) is 4.98 Å². The van der Waals surface area contributed by atoms with Gasteiger partial charge in [-0.05, 0) is 32.4 Å². The molecule has 0 spiro atoms. The van der Waals surface area contributed by atoms with Gasteiger partial charge in [0, 0.05) is 23.5 Å². The molecular weight excluding hydrogens is 242 g/mol. The maximum absolute atomic E-state index is 5.77. The third-order valence-corrected chi connectivity index (χ3v) is 3.51. The molecule has 1 aromatic heterocycles. The molecule has 0 bridgehead atoms. The Morgan fingerprint density at radius 2 is 2.17 bits per heavy atom. The van der Waals surface area contributed by atoms with Crippen molar-refractivity contribution in [3.8, 4) is 0 Å². The number of nitrogens with zero attached hydrogens (tertiary/aromatic N) is 1. The van der Waals surface area contributed by atoms with Crippen molar-refractivity contribution >= 4 is 22.2 Å². The highest BCUT2D eigenvalue weighted by molar-refractivity contribution is 7.13. The van der Waals surface area contributed by atoms with E-state index in [2.05, 4.69) is 47.7 Å². The fourth-order valence-corrected chi connectivity index (χ4v) is 2.59. The molecule has 0 amide bonds. The van der Waals surface area contributed by atoms with Gasteiger partial charge in [0.15, 0.2) is 5.13 Å². The summed E-state index contributed by atoms with van der Waals surface area (Å²) >= 11 is 1.62. The molecule has 0 aliphatic heterocycles. The normalized spacial score (nSPS) is 12.4. The number of rotatable bonds is 4. The molecule has 0 aliphatic carbocycles. The van der Waals surface area contributed by atoms with E-state index in [1.165, 1.54) is 11.1 Å². The van der Waals surface area contributed by atoms with Gasteiger partial charge in [0.25, 0.3) is 0 Å². The molecule has 4 heteroatoms. The molecular formula is C14H19N3S. The lowest BCUT2D eigenvalue weighted by molar-refractivity contribution is 0.726. The van der Waals surface area contributed by atoms with Crippen LogP contribution in [-0.4, -0.2) is 11.0 Å². The number of aryl methyl sites for hydroxylation is 2. The Kier molecular flexibility index (Phi) is 3.99. The van der Waals surface area contributed by atoms with Crippen LogP contribution >= 0.6 is 11.3 Å². The Hall–Kier alpha value is -1.39. The van der Waals surface area contributed by atoms with Crippen LogP contribution in [0.3, 0.4) is 0 Å². The van der Waals surface area contributed by atoms with Crippen LogP contribution in [0.4, 0.5) is 10.8 Å². The summed E-state index contributed by atoms with van der Waals surface area (Å²) in [6.07, 6.45) is 0.824. The molecule has 1 atom stereocenters. The van der Waals surface area contributed by atoms with E-state index in [-0.39, 0.29) is 6.04 Å². The van der Waals surface area contributed by atoms with Crippen LogP contribution in [0.1, 0.15) is 23.7 Å². The second-order valence-electron chi connectivity index (χ2n) is 4.77. The number of nitrogens with two attached hydrogens (primary N) is 1. The standard InChI is InChI=1S/C14H19N3S/c1-9-4-5-13(10(2)6-9)17-14-16-12(8-18-14)7-11(3)15/h4-6,8,11H,7,15H2,1-3H3,(H,16,17). The van der Waals surface area contributed by atoms with E-state index in [0.717, 1.165) is 22.9 Å². The topological polar surface area (TPSA) is 50.9 Å². The Morgan fingerprint density at radius 3 is 2.83 bits per heavy atom. The SMILES string of the molecule is Cc1ccc(Nc2nc(CC(C)N)cs2)c(C)c1. The molecule has 2 aromatic rings. The zero-order chi connectivity index (χ0) is 13.1. The highest BCUT2D eigenvalue weighted by atomic mass is 32.1. The largest absolute Gasteiger partial charge is 0.331 e. The summed E-state index contributed by atoms with van der Waals surface area (Å²) in [7, 11) is 0. The van der Waals surface area contributed by atoms with Crippen LogP contribution < -0.4 is 11.1 Å². The van der Waals surface area contributed by atoms with Crippen LogP contribution in [0, 0.1) is 13.8 Å². The van der Waals surface area contributed by atoms with Gasteiger partial charge < -0.3 is 11.1 Å². The summed E-state index contributed by atoms with van der Waals surface area (Å²) in [4.78, 5) is 4.54. The zero-order valence-electron chi connectivity index (χ0n) is 11.0. The molecule has 2 rings (SSSR count). The van der Waals surface area contributed by atoms with E-state index < -0.39 is 0 Å². The fourth-order valence-electron chi connectivity index (χ4n) is 1.86. The van der Waals surface area contributed by atoms with E-state index in [4.69, 9.17) is 5.73 Å². The molecule has 0 aliphatic rings. The van der Waals surface area contributed by atoms with Crippen molar-refractivity contribution in [2.75, 3.05) is 5.32 Å². The molecule has 0 saturated heterocycles. The van der Waals surface area contributed by atoms with Crippen molar-refractivity contribution in [3.05, 3.63) is 40.4 Å². The quantitative estimate of drug-likeness (QED) is 0.887. The molecule has 18 heavy (non-hydrogen) atoms. The van der Waals surface area contributed by atoms with Crippen molar-refractivity contribution in [1.29, 1.82) is 0 Å². The maximum atomic E-state index is 5.77. The van der Waals surface area contributed by atoms with E-state index in [9.17, 15) is 0 Å². The number of hydrogen-bond acceptors (Lipinski definition) is 4. The first-order chi connectivity index (χ1) is 8.54. The minimum Gasteiger partial charge on any atom is -0.331 e. The smallest absolute Gasteiger partial charge is 0.187 e. The van der Waals surface area contributed by atoms with Gasteiger partial charge in [-0.2, -0.15) is 0 Å². The van der Waals surface area contributed by atoms with Crippen molar-refractivity contribution in [3.63, 3.8) is 0 Å². The lowest BCUT2D eigenvalue weighted by Gasteiger charge is -2.07. The molecule has 3 nitrogen and oxygen atoms in total. The average molecular weight is 261 g/mol. The highest BCUT2D eigenvalue weighted by Gasteiger charge is 2.06. The molecule has 0 saturated carbocycles. The molecule has 0 radical (unpaired) electrons. The van der Waals surface area contributed by atoms with Crippen LogP contribution in [0.15, 0.2) is 23.6 Å². The number of aromatic nitrogens is 1. The third-order valence-electron chi connectivity index (χ3n) is 2.71. The minimum atomic E-state index is 0.154. The van der Waals surface area contributed by atoms with Gasteiger partial charge >= 0.3 is 0 Å². The molecule has 96 valence electrons. The molecule has 0 fully saturated rings. The van der Waals surface area contributed by atoms with Crippen molar-refractivity contribution in [2.24, 2.45) is 5.73 Å². The fraction of sp³-hybridized carbons (Fsp3) is 0.357. The van der Waals surface area contributed by atoms with E-state index in [1.807, 2.05) is 6.92 Å². The third kappa shape index (κ3) is 3.31. The monoisotopic (exact) mass is 261 g/mol. The Balaban J connectivity index is 2.11. The first-order valence-corrected chi connectivity index (χ1v) is 6.97. The number of hydrogen-bond donors (Lipinski definition) is 2. The van der Waals surface area contributed by atoms with Gasteiger partial charge in [-0.25, -0.2) is 4.98 Å². The van der Waals surface area contributed by atoms with Crippen molar-refractivity contribution < 1.29 is 0 Å². The van der Waals surface area contributed by atoms with E-state index in [0.29, 0.717) is 0 Å². The summed E-state index contributed by atoms with van der Waals surface area (Å²) in [6, 6.07) is 6.52. The molecule has 1 heterocycles. The average Bonchev–Trinajstić information content (AvgIpc) is 2.69. The first-order valence-electron chi connectivity index (χ1n) is 6.09. The second kappa shape index (κ2) is 5.50. The Labute approximate surface area is 112 Å². The summed E-state index contributed by atoms with van der Waals surface area (Å²) in [5.41, 5.74) is 10.5. The predicted octanol–water partition coefficient (Wildman–Crippen LogP) is 3.39. The molecule has 1 aromatic carbocycles. The van der Waals surface area contributed by atoms with E-state index >= 15 is 0 Å². The highest BCUT2D eigenvalue weighted by Crippen LogP contribution is 2.24. The van der Waals surface area contributed by atoms with Crippen molar-refractivity contribution in [2.45, 2.75) is 33.2 Å². The first kappa shape index (κ1) is 13.1. The second-order valence-corrected chi connectivity index (χ2v) is 5.63. The number of nitrogens with one attached hydrogen (secondary N) is 1. The predicted molar refractivity (Wildman–Crippen MR) is 78.7 cm³/mol. The van der Waals surface area contributed by atoms with Gasteiger partial charge in [0.2, 0.25) is 0 Å². The Bertz CT molecular complexity index is 532. The molecule has 1 unspecified atom stereocenters. The number of anilines is 2. The lowest BCUT2D eigenvalue weighted by atomic mass is 10.1. The zero-order valence-corrected chi connectivity index (χ0v) is 11.8. The van der Waals surface area contributed by atoms with Gasteiger partial charge in [-0.15, -0.1) is 11.3 Å². The maximum Gasteiger partial charge on any atom is 0.187 e. The van der Waals surface area contributed by atoms with Gasteiger partial charge in [0.1, 0.15) is 0 Å². The van der Waals surface area contributed by atoms with E-state index in [1.54, 1.807) is 11.3 Å². The van der Waals surface area contributed by atoms with Gasteiger partial charge in [-0.1, -0.05) is 17.7 Å². The summed E-state index contributed by atoms with van der Waals surface area (Å²) in [5, 5.41) is 6.35. The summed E-state index contributed by atoms with van der Waals surface area (Å²) < 4.78 is 0. The number of thiazole rings is 1. The Morgan fingerprint density at radius 1 is 1.39 bits per heavy atom. The van der Waals surface area contributed by atoms with Gasteiger partial charge in [-0.3, -0.25) is 0 Å².